The van der Waals surface area contributed by atoms with Gasteiger partial charge in [0.15, 0.2) is 18.9 Å². The predicted octanol–water partition coefficient (Wildman–Crippen LogP) is 6.49. The first-order chi connectivity index (χ1) is 39.3. The fraction of sp³-hybridized carbons (Fsp3) is 0.887. The smallest absolute Gasteiger partial charge is 0.220 e. The van der Waals surface area contributed by atoms with Crippen molar-refractivity contribution in [2.24, 2.45) is 0 Å². The van der Waals surface area contributed by atoms with E-state index in [-0.39, 0.29) is 18.9 Å². The number of ether oxygens (including phenoxy) is 6. The van der Waals surface area contributed by atoms with Crippen molar-refractivity contribution in [2.45, 2.75) is 324 Å². The third-order valence-corrected chi connectivity index (χ3v) is 16.0. The first kappa shape index (κ1) is 73.3. The molecule has 81 heavy (non-hydrogen) atoms. The van der Waals surface area contributed by atoms with Gasteiger partial charge in [0.2, 0.25) is 5.91 Å². The Kier molecular flexibility index (Phi) is 41.0. The van der Waals surface area contributed by atoms with Gasteiger partial charge in [-0.3, -0.25) is 4.79 Å². The molecule has 0 spiro atoms. The van der Waals surface area contributed by atoms with E-state index >= 15 is 0 Å². The van der Waals surface area contributed by atoms with E-state index in [1.807, 2.05) is 0 Å². The molecule has 3 aliphatic heterocycles. The Labute approximate surface area is 485 Å². The van der Waals surface area contributed by atoms with Crippen molar-refractivity contribution in [2.75, 3.05) is 26.4 Å². The minimum Gasteiger partial charge on any atom is -0.394 e. The lowest BCUT2D eigenvalue weighted by atomic mass is 9.96. The van der Waals surface area contributed by atoms with Crippen LogP contribution in [0.15, 0.2) is 36.5 Å². The molecule has 3 saturated heterocycles. The maximum absolute atomic E-state index is 13.3. The molecular weight excluding hydrogens is 1050 g/mol. The number of aliphatic hydroxyl groups is 11. The molecule has 1 amide bonds. The van der Waals surface area contributed by atoms with Crippen molar-refractivity contribution in [1.29, 1.82) is 0 Å². The highest BCUT2D eigenvalue weighted by Gasteiger charge is 2.53. The van der Waals surface area contributed by atoms with Crippen LogP contribution in [0, 0.1) is 0 Å². The third-order valence-electron chi connectivity index (χ3n) is 16.0. The number of rotatable bonds is 47. The largest absolute Gasteiger partial charge is 0.394 e. The molecule has 3 aliphatic rings. The molecule has 474 valence electrons. The zero-order chi connectivity index (χ0) is 59.0. The molecule has 0 aliphatic carbocycles. The average molecular weight is 1160 g/mol. The molecule has 0 aromatic heterocycles. The number of amides is 1. The molecule has 0 aromatic rings. The molecule has 17 unspecified atom stereocenters. The van der Waals surface area contributed by atoms with Crippen LogP contribution in [0.4, 0.5) is 0 Å². The van der Waals surface area contributed by atoms with E-state index in [9.17, 15) is 61.0 Å². The minimum atomic E-state index is -1.97. The van der Waals surface area contributed by atoms with Crippen LogP contribution in [-0.2, 0) is 33.2 Å². The molecule has 0 radical (unpaired) electrons. The first-order valence-corrected chi connectivity index (χ1v) is 31.7. The van der Waals surface area contributed by atoms with E-state index in [1.54, 1.807) is 0 Å². The van der Waals surface area contributed by atoms with Crippen LogP contribution in [0.25, 0.3) is 0 Å². The summed E-state index contributed by atoms with van der Waals surface area (Å²) in [7, 11) is 0. The van der Waals surface area contributed by atoms with Gasteiger partial charge in [-0.1, -0.05) is 198 Å². The fourth-order valence-corrected chi connectivity index (χ4v) is 10.7. The Morgan fingerprint density at radius 1 is 0.444 bits per heavy atom. The predicted molar refractivity (Wildman–Crippen MR) is 309 cm³/mol. The van der Waals surface area contributed by atoms with Crippen LogP contribution in [-0.4, -0.2) is 193 Å². The zero-order valence-electron chi connectivity index (χ0n) is 49.5. The van der Waals surface area contributed by atoms with Gasteiger partial charge in [-0.15, -0.1) is 0 Å². The van der Waals surface area contributed by atoms with Gasteiger partial charge in [0, 0.05) is 6.42 Å². The van der Waals surface area contributed by atoms with E-state index in [2.05, 4.69) is 55.6 Å². The Hall–Kier alpha value is -1.99. The lowest BCUT2D eigenvalue weighted by Gasteiger charge is -2.48. The maximum atomic E-state index is 13.3. The van der Waals surface area contributed by atoms with Gasteiger partial charge < -0.3 is 89.9 Å². The lowest BCUT2D eigenvalue weighted by Crippen LogP contribution is -2.66. The van der Waals surface area contributed by atoms with Crippen molar-refractivity contribution < 1.29 is 89.4 Å². The molecule has 3 rings (SSSR count). The number of carbonyl (C=O) groups is 1. The van der Waals surface area contributed by atoms with Crippen LogP contribution >= 0.6 is 0 Å². The Morgan fingerprint density at radius 2 is 0.815 bits per heavy atom. The summed E-state index contributed by atoms with van der Waals surface area (Å²) in [5.41, 5.74) is 0. The fourth-order valence-electron chi connectivity index (χ4n) is 10.7. The highest BCUT2D eigenvalue weighted by molar-refractivity contribution is 5.76. The molecule has 17 atom stereocenters. The summed E-state index contributed by atoms with van der Waals surface area (Å²) in [6, 6.07) is -0.886. The molecular formula is C62H113NO18. The van der Waals surface area contributed by atoms with Crippen molar-refractivity contribution in [1.82, 2.24) is 5.32 Å². The summed E-state index contributed by atoms with van der Waals surface area (Å²) in [6.07, 6.45) is 22.5. The Morgan fingerprint density at radius 3 is 1.27 bits per heavy atom. The van der Waals surface area contributed by atoms with Gasteiger partial charge in [-0.05, 0) is 51.4 Å². The quantitative estimate of drug-likeness (QED) is 0.0229. The number of allylic oxidation sites excluding steroid dienone is 6. The SMILES string of the molecule is CCCCCCC/C=C\C/C=C\C/C=C\CCCCCCCCCCCCCCC(=O)NC(COC1OC(CO)C(OC2OC(CO)C(OC3OC(CO)C(O)C(O)C3O)C(O)C2O)C(O)C1O)C(O)CCCCCCCCCCC. The van der Waals surface area contributed by atoms with Crippen molar-refractivity contribution in [3.05, 3.63) is 36.5 Å². The molecule has 3 heterocycles. The maximum Gasteiger partial charge on any atom is 0.220 e. The Balaban J connectivity index is 1.39. The number of carbonyl (C=O) groups excluding carboxylic acids is 1. The van der Waals surface area contributed by atoms with E-state index in [0.29, 0.717) is 12.8 Å². The molecule has 12 N–H and O–H groups in total. The van der Waals surface area contributed by atoms with Gasteiger partial charge in [0.1, 0.15) is 73.2 Å². The summed E-state index contributed by atoms with van der Waals surface area (Å²) in [5.74, 6) is -0.248. The highest BCUT2D eigenvalue weighted by atomic mass is 16.8. The summed E-state index contributed by atoms with van der Waals surface area (Å²) < 4.78 is 34.3. The van der Waals surface area contributed by atoms with Crippen LogP contribution in [0.5, 0.6) is 0 Å². The minimum absolute atomic E-state index is 0.248. The van der Waals surface area contributed by atoms with Gasteiger partial charge in [-0.2, -0.15) is 0 Å². The third kappa shape index (κ3) is 28.8. The number of unbranched alkanes of at least 4 members (excludes halogenated alkanes) is 25. The van der Waals surface area contributed by atoms with Crippen molar-refractivity contribution >= 4 is 5.91 Å². The number of hydrogen-bond donors (Lipinski definition) is 12. The second kappa shape index (κ2) is 45.3. The monoisotopic (exact) mass is 1160 g/mol. The molecule has 3 fully saturated rings. The number of aliphatic hydroxyl groups excluding tert-OH is 11. The second-order valence-electron chi connectivity index (χ2n) is 22.9. The standard InChI is InChI=1S/C62H113NO18/c1-3-5-7-9-11-13-14-15-16-17-18-19-20-21-22-23-24-25-26-27-28-29-30-32-34-36-38-40-50(68)63-45(46(67)39-37-35-33-31-12-10-8-6-4-2)44-76-60-56(74)53(71)58(48(42-65)78-60)81-62-57(75)54(72)59(49(43-66)79-62)80-61-55(73)52(70)51(69)47(41-64)77-61/h14-15,17-18,20-21,45-49,51-62,64-67,69-75H,3-13,16,19,22-44H2,1-2H3,(H,63,68)/b15-14-,18-17-,21-20-. The van der Waals surface area contributed by atoms with Gasteiger partial charge in [-0.25, -0.2) is 0 Å². The summed E-state index contributed by atoms with van der Waals surface area (Å²) >= 11 is 0. The van der Waals surface area contributed by atoms with Crippen LogP contribution in [0.3, 0.4) is 0 Å². The highest BCUT2D eigenvalue weighted by Crippen LogP contribution is 2.33. The number of hydrogen-bond acceptors (Lipinski definition) is 18. The van der Waals surface area contributed by atoms with E-state index in [0.717, 1.165) is 64.2 Å². The zero-order valence-corrected chi connectivity index (χ0v) is 49.5. The van der Waals surface area contributed by atoms with Crippen molar-refractivity contribution in [3.63, 3.8) is 0 Å². The number of nitrogens with one attached hydrogen (secondary N) is 1. The molecule has 19 heteroatoms. The average Bonchev–Trinajstić information content (AvgIpc) is 3.47. The van der Waals surface area contributed by atoms with Gasteiger partial charge >= 0.3 is 0 Å². The van der Waals surface area contributed by atoms with E-state index in [4.69, 9.17) is 28.4 Å². The second-order valence-corrected chi connectivity index (χ2v) is 22.9. The van der Waals surface area contributed by atoms with E-state index < -0.39 is 124 Å². The van der Waals surface area contributed by atoms with Crippen LogP contribution in [0.1, 0.15) is 219 Å². The molecule has 19 nitrogen and oxygen atoms in total. The lowest BCUT2D eigenvalue weighted by molar-refractivity contribution is -0.379. The normalized spacial score (nSPS) is 30.0. The van der Waals surface area contributed by atoms with E-state index in [1.165, 1.54) is 122 Å². The van der Waals surface area contributed by atoms with Gasteiger partial charge in [0.05, 0.1) is 38.6 Å². The van der Waals surface area contributed by atoms with Gasteiger partial charge in [0.25, 0.3) is 0 Å². The van der Waals surface area contributed by atoms with Crippen LogP contribution < -0.4 is 5.32 Å². The topological polar surface area (TPSA) is 307 Å². The van der Waals surface area contributed by atoms with Crippen molar-refractivity contribution in [3.8, 4) is 0 Å². The summed E-state index contributed by atoms with van der Waals surface area (Å²) in [6.45, 7) is 1.74. The van der Waals surface area contributed by atoms with Crippen LogP contribution in [0.2, 0.25) is 0 Å². The molecule has 0 saturated carbocycles. The summed E-state index contributed by atoms with van der Waals surface area (Å²) in [5, 5.41) is 120. The summed E-state index contributed by atoms with van der Waals surface area (Å²) in [4.78, 5) is 13.3. The first-order valence-electron chi connectivity index (χ1n) is 31.7. The Bertz CT molecular complexity index is 1620. The molecule has 0 bridgehead atoms. The molecule has 0 aromatic carbocycles.